The Morgan fingerprint density at radius 3 is 2.44 bits per heavy atom. The van der Waals surface area contributed by atoms with Gasteiger partial charge in [0.1, 0.15) is 0 Å². The lowest BCUT2D eigenvalue weighted by Crippen LogP contribution is -2.28. The van der Waals surface area contributed by atoms with E-state index in [2.05, 4.69) is 19.2 Å². The summed E-state index contributed by atoms with van der Waals surface area (Å²) in [5, 5.41) is 2.82. The Labute approximate surface area is 150 Å². The Bertz CT molecular complexity index is 650. The normalized spacial score (nSPS) is 15.6. The van der Waals surface area contributed by atoms with E-state index in [0.29, 0.717) is 37.7 Å². The molecule has 25 heavy (non-hydrogen) atoms. The van der Waals surface area contributed by atoms with Crippen LogP contribution in [0.4, 0.5) is 0 Å². The molecular weight excluding hydrogens is 340 g/mol. The highest BCUT2D eigenvalue weighted by Gasteiger charge is 2.27. The van der Waals surface area contributed by atoms with E-state index in [1.165, 1.54) is 16.4 Å². The number of nitrogens with one attached hydrogen (secondary N) is 1. The van der Waals surface area contributed by atoms with Crippen LogP contribution in [0.25, 0.3) is 0 Å². The van der Waals surface area contributed by atoms with Crippen molar-refractivity contribution < 1.29 is 17.9 Å². The molecule has 6 nitrogen and oxygen atoms in total. The predicted molar refractivity (Wildman–Crippen MR) is 97.0 cm³/mol. The first-order valence-electron chi connectivity index (χ1n) is 8.87. The van der Waals surface area contributed by atoms with Gasteiger partial charge in [0.15, 0.2) is 0 Å². The summed E-state index contributed by atoms with van der Waals surface area (Å²) in [6, 6.07) is 6.14. The topological polar surface area (TPSA) is 75.7 Å². The quantitative estimate of drug-likeness (QED) is 0.679. The van der Waals surface area contributed by atoms with Crippen LogP contribution in [0.3, 0.4) is 0 Å². The molecule has 0 radical (unpaired) electrons. The average Bonchev–Trinajstić information content (AvgIpc) is 3.13. The molecule has 7 heteroatoms. The van der Waals surface area contributed by atoms with Crippen LogP contribution < -0.4 is 5.32 Å². The summed E-state index contributed by atoms with van der Waals surface area (Å²) in [7, 11) is -3.43. The number of rotatable bonds is 9. The number of benzene rings is 1. The maximum Gasteiger partial charge on any atom is 0.251 e. The maximum atomic E-state index is 12.4. The summed E-state index contributed by atoms with van der Waals surface area (Å²) in [6.07, 6.45) is 2.56. The molecule has 0 atom stereocenters. The van der Waals surface area contributed by atoms with Gasteiger partial charge in [-0.2, -0.15) is 4.31 Å². The maximum absolute atomic E-state index is 12.4. The number of sulfonamides is 1. The van der Waals surface area contributed by atoms with E-state index in [4.69, 9.17) is 4.74 Å². The minimum atomic E-state index is -3.43. The number of carbonyl (C=O) groups excluding carboxylic acids is 1. The first kappa shape index (κ1) is 19.9. The molecule has 1 aromatic rings. The monoisotopic (exact) mass is 368 g/mol. The molecule has 0 spiro atoms. The zero-order valence-corrected chi connectivity index (χ0v) is 15.8. The molecule has 1 aliphatic rings. The van der Waals surface area contributed by atoms with E-state index in [1.807, 2.05) is 0 Å². The lowest BCUT2D eigenvalue weighted by atomic mass is 10.2. The van der Waals surface area contributed by atoms with Gasteiger partial charge in [-0.25, -0.2) is 8.42 Å². The van der Waals surface area contributed by atoms with E-state index in [0.717, 1.165) is 25.9 Å². The second kappa shape index (κ2) is 9.31. The van der Waals surface area contributed by atoms with Gasteiger partial charge in [-0.05, 0) is 49.4 Å². The van der Waals surface area contributed by atoms with Gasteiger partial charge in [0.25, 0.3) is 5.91 Å². The zero-order valence-electron chi connectivity index (χ0n) is 15.0. The van der Waals surface area contributed by atoms with E-state index >= 15 is 0 Å². The van der Waals surface area contributed by atoms with Crippen molar-refractivity contribution in [3.63, 3.8) is 0 Å². The van der Waals surface area contributed by atoms with Crippen molar-refractivity contribution in [3.8, 4) is 0 Å². The standard InChI is InChI=1S/C18H28N2O4S/c1-15(2)14-24-13-5-10-19-18(21)16-6-8-17(9-7-16)25(22,23)20-11-3-4-12-20/h6-9,15H,3-5,10-14H2,1-2H3,(H,19,21). The van der Waals surface area contributed by atoms with Gasteiger partial charge in [0.05, 0.1) is 4.90 Å². The molecule has 1 saturated heterocycles. The van der Waals surface area contributed by atoms with Crippen molar-refractivity contribution in [2.75, 3.05) is 32.8 Å². The number of amides is 1. The molecule has 0 saturated carbocycles. The van der Waals surface area contributed by atoms with Crippen LogP contribution in [0.2, 0.25) is 0 Å². The number of carbonyl (C=O) groups is 1. The van der Waals surface area contributed by atoms with Gasteiger partial charge < -0.3 is 10.1 Å². The summed E-state index contributed by atoms with van der Waals surface area (Å²) < 4.78 is 31.9. The van der Waals surface area contributed by atoms with Gasteiger partial charge in [-0.15, -0.1) is 0 Å². The molecule has 0 bridgehead atoms. The van der Waals surface area contributed by atoms with Gasteiger partial charge >= 0.3 is 0 Å². The zero-order chi connectivity index (χ0) is 18.3. The third-order valence-corrected chi connectivity index (χ3v) is 5.93. The highest BCUT2D eigenvalue weighted by Crippen LogP contribution is 2.21. The van der Waals surface area contributed by atoms with E-state index in [1.54, 1.807) is 12.1 Å². The summed E-state index contributed by atoms with van der Waals surface area (Å²) >= 11 is 0. The molecule has 1 aliphatic heterocycles. The summed E-state index contributed by atoms with van der Waals surface area (Å²) in [6.45, 7) is 7.20. The summed E-state index contributed by atoms with van der Waals surface area (Å²) in [5.74, 6) is 0.305. The predicted octanol–water partition coefficient (Wildman–Crippen LogP) is 2.26. The van der Waals surface area contributed by atoms with Crippen molar-refractivity contribution in [2.24, 2.45) is 5.92 Å². The largest absolute Gasteiger partial charge is 0.381 e. The third-order valence-electron chi connectivity index (χ3n) is 4.02. The fourth-order valence-electron chi connectivity index (χ4n) is 2.65. The Morgan fingerprint density at radius 1 is 1.20 bits per heavy atom. The molecule has 140 valence electrons. The minimum Gasteiger partial charge on any atom is -0.381 e. The highest BCUT2D eigenvalue weighted by molar-refractivity contribution is 7.89. The lowest BCUT2D eigenvalue weighted by Gasteiger charge is -2.15. The van der Waals surface area contributed by atoms with Crippen LogP contribution in [0.1, 0.15) is 43.5 Å². The van der Waals surface area contributed by atoms with Crippen LogP contribution in [-0.4, -0.2) is 51.5 Å². The number of ether oxygens (including phenoxy) is 1. The number of nitrogens with zero attached hydrogens (tertiary/aromatic N) is 1. The first-order valence-corrected chi connectivity index (χ1v) is 10.3. The number of hydrogen-bond donors (Lipinski definition) is 1. The van der Waals surface area contributed by atoms with Gasteiger partial charge in [-0.1, -0.05) is 13.8 Å². The van der Waals surface area contributed by atoms with Gasteiger partial charge in [0, 0.05) is 38.4 Å². The molecule has 1 amide bonds. The Balaban J connectivity index is 1.82. The SMILES string of the molecule is CC(C)COCCCNC(=O)c1ccc(S(=O)(=O)N2CCCC2)cc1. The fraction of sp³-hybridized carbons (Fsp3) is 0.611. The van der Waals surface area contributed by atoms with Crippen molar-refractivity contribution in [1.29, 1.82) is 0 Å². The molecule has 0 aromatic heterocycles. The molecule has 1 heterocycles. The van der Waals surface area contributed by atoms with Crippen LogP contribution in [0.5, 0.6) is 0 Å². The number of hydrogen-bond acceptors (Lipinski definition) is 4. The van der Waals surface area contributed by atoms with Gasteiger partial charge in [0.2, 0.25) is 10.0 Å². The first-order chi connectivity index (χ1) is 11.9. The molecule has 1 fully saturated rings. The highest BCUT2D eigenvalue weighted by atomic mass is 32.2. The lowest BCUT2D eigenvalue weighted by molar-refractivity contribution is 0.0925. The van der Waals surface area contributed by atoms with Crippen LogP contribution in [0, 0.1) is 5.92 Å². The molecule has 1 N–H and O–H groups in total. The van der Waals surface area contributed by atoms with E-state index in [-0.39, 0.29) is 10.8 Å². The Hall–Kier alpha value is -1.44. The van der Waals surface area contributed by atoms with Crippen molar-refractivity contribution >= 4 is 15.9 Å². The molecule has 0 aliphatic carbocycles. The Kier molecular flexibility index (Phi) is 7.40. The van der Waals surface area contributed by atoms with Crippen LogP contribution in [-0.2, 0) is 14.8 Å². The van der Waals surface area contributed by atoms with Crippen LogP contribution >= 0.6 is 0 Å². The Morgan fingerprint density at radius 2 is 1.84 bits per heavy atom. The molecule has 1 aromatic carbocycles. The average molecular weight is 368 g/mol. The van der Waals surface area contributed by atoms with Crippen molar-refractivity contribution in [3.05, 3.63) is 29.8 Å². The van der Waals surface area contributed by atoms with E-state index < -0.39 is 10.0 Å². The third kappa shape index (κ3) is 5.80. The summed E-state index contributed by atoms with van der Waals surface area (Å²) in [4.78, 5) is 12.3. The van der Waals surface area contributed by atoms with Crippen molar-refractivity contribution in [1.82, 2.24) is 9.62 Å². The molecular formula is C18H28N2O4S. The molecule has 2 rings (SSSR count). The van der Waals surface area contributed by atoms with Crippen LogP contribution in [0.15, 0.2) is 29.2 Å². The smallest absolute Gasteiger partial charge is 0.251 e. The van der Waals surface area contributed by atoms with Gasteiger partial charge in [-0.3, -0.25) is 4.79 Å². The second-order valence-corrected chi connectivity index (χ2v) is 8.65. The second-order valence-electron chi connectivity index (χ2n) is 6.71. The molecule has 0 unspecified atom stereocenters. The van der Waals surface area contributed by atoms with Crippen molar-refractivity contribution in [2.45, 2.75) is 38.0 Å². The minimum absolute atomic E-state index is 0.200. The fourth-order valence-corrected chi connectivity index (χ4v) is 4.17. The summed E-state index contributed by atoms with van der Waals surface area (Å²) in [5.41, 5.74) is 0.462. The van der Waals surface area contributed by atoms with E-state index in [9.17, 15) is 13.2 Å².